The lowest BCUT2D eigenvalue weighted by Crippen LogP contribution is -2.41. The molecule has 0 fully saturated rings. The Balaban J connectivity index is 1.52. The van der Waals surface area contributed by atoms with Gasteiger partial charge in [-0.1, -0.05) is 29.5 Å². The van der Waals surface area contributed by atoms with Crippen molar-refractivity contribution in [1.82, 2.24) is 4.98 Å². The Kier molecular flexibility index (Phi) is 4.19. The number of anilines is 2. The zero-order valence-electron chi connectivity index (χ0n) is 13.5. The van der Waals surface area contributed by atoms with Crippen molar-refractivity contribution in [2.45, 2.75) is 11.8 Å². The van der Waals surface area contributed by atoms with Crippen LogP contribution in [0.4, 0.5) is 10.8 Å². The number of benzene rings is 2. The third-order valence-electron chi connectivity index (χ3n) is 3.90. The number of aryl methyl sites for hydroxylation is 1. The molecule has 2 aromatic carbocycles. The minimum atomic E-state index is -0.245. The molecule has 1 N–H and O–H groups in total. The Hall–Kier alpha value is -2.38. The van der Waals surface area contributed by atoms with Crippen LogP contribution in [0, 0.1) is 6.92 Å². The smallest absolute Gasteiger partial charge is 0.246 e. The predicted octanol–water partition coefficient (Wildman–Crippen LogP) is 3.68. The maximum Gasteiger partial charge on any atom is 0.246 e. The number of para-hydroxylation sites is 1. The molecule has 1 aliphatic rings. The number of nitrogens with one attached hydrogen (secondary N) is 1. The quantitative estimate of drug-likeness (QED) is 0.765. The summed E-state index contributed by atoms with van der Waals surface area (Å²) in [5, 5.41) is 3.37. The van der Waals surface area contributed by atoms with E-state index in [9.17, 15) is 9.59 Å². The minimum Gasteiger partial charge on any atom is -0.301 e. The number of nitrogens with zero attached hydrogens (tertiary/aromatic N) is 2. The summed E-state index contributed by atoms with van der Waals surface area (Å²) in [4.78, 5) is 31.7. The number of amides is 2. The van der Waals surface area contributed by atoms with Crippen LogP contribution in [0.5, 0.6) is 0 Å². The third-order valence-corrected chi connectivity index (χ3v) is 5.88. The monoisotopic (exact) mass is 369 g/mol. The Bertz CT molecular complexity index is 983. The largest absolute Gasteiger partial charge is 0.301 e. The number of rotatable bonds is 3. The zero-order chi connectivity index (χ0) is 17.4. The summed E-state index contributed by atoms with van der Waals surface area (Å²) in [5.41, 5.74) is 2.81. The Morgan fingerprint density at radius 1 is 1.28 bits per heavy atom. The van der Waals surface area contributed by atoms with Crippen molar-refractivity contribution in [1.29, 1.82) is 0 Å². The summed E-state index contributed by atoms with van der Waals surface area (Å²) < 4.78 is 1.03. The van der Waals surface area contributed by atoms with Gasteiger partial charge in [0.1, 0.15) is 6.54 Å². The molecule has 7 heteroatoms. The van der Waals surface area contributed by atoms with Crippen LogP contribution < -0.4 is 10.2 Å². The van der Waals surface area contributed by atoms with Gasteiger partial charge in [-0.25, -0.2) is 4.98 Å². The summed E-state index contributed by atoms with van der Waals surface area (Å²) >= 11 is 2.94. The second-order valence-electron chi connectivity index (χ2n) is 5.77. The number of hydrogen-bond donors (Lipinski definition) is 1. The SMILES string of the molecule is Cc1ccc2nc(NC(=O)CN3C(=O)CSc4ccccc43)sc2c1. The number of thioether (sulfide) groups is 1. The fourth-order valence-electron chi connectivity index (χ4n) is 2.72. The average Bonchev–Trinajstić information content (AvgIpc) is 2.98. The van der Waals surface area contributed by atoms with Crippen LogP contribution in [0.3, 0.4) is 0 Å². The van der Waals surface area contributed by atoms with Crippen LogP contribution in [0.1, 0.15) is 5.56 Å². The summed E-state index contributed by atoms with van der Waals surface area (Å²) in [7, 11) is 0. The highest BCUT2D eigenvalue weighted by Crippen LogP contribution is 2.34. The Morgan fingerprint density at radius 3 is 3.00 bits per heavy atom. The molecule has 0 aliphatic carbocycles. The fourth-order valence-corrected chi connectivity index (χ4v) is 4.63. The summed E-state index contributed by atoms with van der Waals surface area (Å²) in [5.74, 6) is 0.0506. The number of carbonyl (C=O) groups is 2. The maximum atomic E-state index is 12.4. The van der Waals surface area contributed by atoms with Gasteiger partial charge in [-0.15, -0.1) is 11.8 Å². The summed E-state index contributed by atoms with van der Waals surface area (Å²) in [6, 6.07) is 13.6. The van der Waals surface area contributed by atoms with Crippen LogP contribution in [0.2, 0.25) is 0 Å². The average molecular weight is 369 g/mol. The third kappa shape index (κ3) is 3.25. The highest BCUT2D eigenvalue weighted by Gasteiger charge is 2.26. The highest BCUT2D eigenvalue weighted by atomic mass is 32.2. The molecule has 0 saturated carbocycles. The number of thiazole rings is 1. The van der Waals surface area contributed by atoms with E-state index in [0.29, 0.717) is 10.9 Å². The molecular weight excluding hydrogens is 354 g/mol. The van der Waals surface area contributed by atoms with Gasteiger partial charge >= 0.3 is 0 Å². The van der Waals surface area contributed by atoms with E-state index in [1.807, 2.05) is 49.4 Å². The standard InChI is InChI=1S/C18H15N3O2S2/c1-11-6-7-12-15(8-11)25-18(19-12)20-16(22)9-21-13-4-2-3-5-14(13)24-10-17(21)23/h2-8H,9-10H2,1H3,(H,19,20,22). The molecule has 0 radical (unpaired) electrons. The predicted molar refractivity (Wildman–Crippen MR) is 103 cm³/mol. The van der Waals surface area contributed by atoms with E-state index in [1.54, 1.807) is 4.90 Å². The molecule has 1 aromatic heterocycles. The van der Waals surface area contributed by atoms with Crippen molar-refractivity contribution in [3.05, 3.63) is 48.0 Å². The Labute approximate surface area is 153 Å². The van der Waals surface area contributed by atoms with Crippen molar-refractivity contribution in [3.8, 4) is 0 Å². The first-order valence-corrected chi connectivity index (χ1v) is 9.59. The van der Waals surface area contributed by atoms with E-state index in [-0.39, 0.29) is 18.4 Å². The van der Waals surface area contributed by atoms with Gasteiger partial charge in [0, 0.05) is 4.90 Å². The van der Waals surface area contributed by atoms with Gasteiger partial charge in [-0.2, -0.15) is 0 Å². The van der Waals surface area contributed by atoms with Crippen molar-refractivity contribution in [3.63, 3.8) is 0 Å². The maximum absolute atomic E-state index is 12.4. The van der Waals surface area contributed by atoms with Crippen molar-refractivity contribution < 1.29 is 9.59 Å². The lowest BCUT2D eigenvalue weighted by Gasteiger charge is -2.28. The van der Waals surface area contributed by atoms with Gasteiger partial charge in [0.05, 0.1) is 21.7 Å². The van der Waals surface area contributed by atoms with E-state index < -0.39 is 0 Å². The molecular formula is C18H15N3O2S2. The first-order valence-electron chi connectivity index (χ1n) is 7.79. The number of fused-ring (bicyclic) bond motifs is 2. The molecule has 126 valence electrons. The van der Waals surface area contributed by atoms with E-state index in [1.165, 1.54) is 23.1 Å². The van der Waals surface area contributed by atoms with E-state index in [0.717, 1.165) is 26.4 Å². The van der Waals surface area contributed by atoms with E-state index >= 15 is 0 Å². The molecule has 0 atom stereocenters. The molecule has 1 aliphatic heterocycles. The summed E-state index contributed by atoms with van der Waals surface area (Å²) in [6.45, 7) is 2.01. The van der Waals surface area contributed by atoms with Crippen LogP contribution in [-0.2, 0) is 9.59 Å². The fraction of sp³-hybridized carbons (Fsp3) is 0.167. The first kappa shape index (κ1) is 16.1. The second kappa shape index (κ2) is 6.50. The molecule has 0 saturated heterocycles. The minimum absolute atomic E-state index is 0.00857. The lowest BCUT2D eigenvalue weighted by atomic mass is 10.2. The topological polar surface area (TPSA) is 62.3 Å². The van der Waals surface area contributed by atoms with Crippen molar-refractivity contribution in [2.24, 2.45) is 0 Å². The molecule has 0 unspecified atom stereocenters. The zero-order valence-corrected chi connectivity index (χ0v) is 15.1. The van der Waals surface area contributed by atoms with Gasteiger partial charge in [0.15, 0.2) is 5.13 Å². The lowest BCUT2D eigenvalue weighted by molar-refractivity contribution is -0.120. The van der Waals surface area contributed by atoms with E-state index in [4.69, 9.17) is 0 Å². The Morgan fingerprint density at radius 2 is 2.12 bits per heavy atom. The van der Waals surface area contributed by atoms with Crippen LogP contribution in [-0.4, -0.2) is 29.1 Å². The van der Waals surface area contributed by atoms with Crippen LogP contribution >= 0.6 is 23.1 Å². The molecule has 3 aromatic rings. The molecule has 0 spiro atoms. The summed E-state index contributed by atoms with van der Waals surface area (Å²) in [6.07, 6.45) is 0. The molecule has 5 nitrogen and oxygen atoms in total. The first-order chi connectivity index (χ1) is 12.1. The van der Waals surface area contributed by atoms with Gasteiger partial charge in [-0.3, -0.25) is 9.59 Å². The van der Waals surface area contributed by atoms with Gasteiger partial charge in [-0.05, 0) is 36.8 Å². The van der Waals surface area contributed by atoms with Crippen molar-refractivity contribution in [2.75, 3.05) is 22.5 Å². The molecule has 2 heterocycles. The number of hydrogen-bond acceptors (Lipinski definition) is 5. The normalized spacial score (nSPS) is 13.8. The second-order valence-corrected chi connectivity index (χ2v) is 7.82. The molecule has 0 bridgehead atoms. The molecule has 25 heavy (non-hydrogen) atoms. The van der Waals surface area contributed by atoms with Crippen molar-refractivity contribution >= 4 is 55.9 Å². The number of aromatic nitrogens is 1. The van der Waals surface area contributed by atoms with Gasteiger partial charge in [0.2, 0.25) is 11.8 Å². The highest BCUT2D eigenvalue weighted by molar-refractivity contribution is 8.00. The van der Waals surface area contributed by atoms with E-state index in [2.05, 4.69) is 10.3 Å². The van der Waals surface area contributed by atoms with Gasteiger partial charge in [0.25, 0.3) is 0 Å². The van der Waals surface area contributed by atoms with Gasteiger partial charge < -0.3 is 10.2 Å². The number of carbonyl (C=O) groups excluding carboxylic acids is 2. The molecule has 4 rings (SSSR count). The molecule has 2 amide bonds. The van der Waals surface area contributed by atoms with Crippen LogP contribution in [0.25, 0.3) is 10.2 Å². The van der Waals surface area contributed by atoms with Crippen LogP contribution in [0.15, 0.2) is 47.4 Å².